The first kappa shape index (κ1) is 22.2. The number of ether oxygens (including phenoxy) is 3. The molecule has 0 amide bonds. The Labute approximate surface area is 170 Å². The van der Waals surface area contributed by atoms with Crippen molar-refractivity contribution in [3.63, 3.8) is 0 Å². The van der Waals surface area contributed by atoms with E-state index in [2.05, 4.69) is 0 Å². The van der Waals surface area contributed by atoms with Gasteiger partial charge in [-0.3, -0.25) is 4.79 Å². The van der Waals surface area contributed by atoms with E-state index in [0.29, 0.717) is 6.54 Å². The van der Waals surface area contributed by atoms with E-state index in [-0.39, 0.29) is 37.4 Å². The molecule has 0 spiro atoms. The Morgan fingerprint density at radius 3 is 1.83 bits per heavy atom. The van der Waals surface area contributed by atoms with Crippen molar-refractivity contribution >= 4 is 17.9 Å². The molecule has 1 aromatic carbocycles. The fraction of sp³-hybridized carbons (Fsp3) is 0.409. The van der Waals surface area contributed by atoms with Crippen LogP contribution in [0.25, 0.3) is 0 Å². The van der Waals surface area contributed by atoms with Gasteiger partial charge in [0.05, 0.1) is 37.4 Å². The maximum atomic E-state index is 12.6. The van der Waals surface area contributed by atoms with Crippen molar-refractivity contribution in [3.05, 3.63) is 59.4 Å². The summed E-state index contributed by atoms with van der Waals surface area (Å²) >= 11 is 0. The van der Waals surface area contributed by atoms with E-state index in [1.807, 2.05) is 30.3 Å². The van der Waals surface area contributed by atoms with E-state index in [9.17, 15) is 14.4 Å². The average molecular weight is 401 g/mol. The fourth-order valence-electron chi connectivity index (χ4n) is 3.05. The van der Waals surface area contributed by atoms with Crippen molar-refractivity contribution in [3.8, 4) is 0 Å². The van der Waals surface area contributed by atoms with Crippen LogP contribution in [0.2, 0.25) is 0 Å². The highest BCUT2D eigenvalue weighted by molar-refractivity contribution is 5.97. The molecular weight excluding hydrogens is 374 g/mol. The molecular formula is C22H27NO6. The fourth-order valence-corrected chi connectivity index (χ4v) is 3.05. The summed E-state index contributed by atoms with van der Waals surface area (Å²) in [5, 5.41) is 0. The van der Waals surface area contributed by atoms with Gasteiger partial charge >= 0.3 is 17.9 Å². The Hall–Kier alpha value is -3.09. The molecule has 2 rings (SSSR count). The molecule has 0 radical (unpaired) electrons. The van der Waals surface area contributed by atoms with Crippen LogP contribution < -0.4 is 0 Å². The van der Waals surface area contributed by atoms with Crippen LogP contribution in [-0.4, -0.2) is 42.6 Å². The summed E-state index contributed by atoms with van der Waals surface area (Å²) < 4.78 is 15.4. The van der Waals surface area contributed by atoms with Crippen molar-refractivity contribution in [1.29, 1.82) is 0 Å². The third-order valence-corrected chi connectivity index (χ3v) is 4.27. The first-order valence-corrected chi connectivity index (χ1v) is 9.73. The summed E-state index contributed by atoms with van der Waals surface area (Å²) in [7, 11) is 0. The number of hydrogen-bond acceptors (Lipinski definition) is 7. The zero-order valence-electron chi connectivity index (χ0n) is 17.1. The molecule has 0 N–H and O–H groups in total. The quantitative estimate of drug-likeness (QED) is 0.465. The summed E-state index contributed by atoms with van der Waals surface area (Å²) in [5.74, 6) is -2.44. The van der Waals surface area contributed by atoms with Crippen molar-refractivity contribution in [2.75, 3.05) is 19.8 Å². The summed E-state index contributed by atoms with van der Waals surface area (Å²) in [6.07, 6.45) is 3.09. The lowest BCUT2D eigenvalue weighted by Gasteiger charge is -2.29. The number of esters is 3. The number of rotatable bonds is 9. The monoisotopic (exact) mass is 401 g/mol. The largest absolute Gasteiger partial charge is 0.466 e. The smallest absolute Gasteiger partial charge is 0.336 e. The molecule has 7 heteroatoms. The summed E-state index contributed by atoms with van der Waals surface area (Å²) in [5.41, 5.74) is 1.44. The van der Waals surface area contributed by atoms with Crippen LogP contribution >= 0.6 is 0 Å². The molecule has 7 nitrogen and oxygen atoms in total. The van der Waals surface area contributed by atoms with E-state index in [4.69, 9.17) is 14.2 Å². The Kier molecular flexibility index (Phi) is 8.45. The van der Waals surface area contributed by atoms with Gasteiger partial charge in [-0.15, -0.1) is 0 Å². The van der Waals surface area contributed by atoms with E-state index in [1.54, 1.807) is 38.1 Å². The molecule has 29 heavy (non-hydrogen) atoms. The molecule has 0 saturated heterocycles. The molecule has 0 atom stereocenters. The lowest BCUT2D eigenvalue weighted by Crippen LogP contribution is -2.32. The van der Waals surface area contributed by atoms with Gasteiger partial charge in [-0.25, -0.2) is 9.59 Å². The predicted molar refractivity (Wildman–Crippen MR) is 106 cm³/mol. The Bertz CT molecular complexity index is 748. The zero-order chi connectivity index (χ0) is 21.2. The number of nitrogens with zero attached hydrogens (tertiary/aromatic N) is 1. The Morgan fingerprint density at radius 2 is 1.34 bits per heavy atom. The Morgan fingerprint density at radius 1 is 0.828 bits per heavy atom. The molecule has 0 bridgehead atoms. The predicted octanol–water partition coefficient (Wildman–Crippen LogP) is 2.97. The highest BCUT2D eigenvalue weighted by Crippen LogP contribution is 2.32. The molecule has 1 aliphatic heterocycles. The third kappa shape index (κ3) is 6.20. The van der Waals surface area contributed by atoms with Gasteiger partial charge in [0.15, 0.2) is 0 Å². The topological polar surface area (TPSA) is 82.1 Å². The van der Waals surface area contributed by atoms with Gasteiger partial charge in [-0.1, -0.05) is 30.3 Å². The maximum Gasteiger partial charge on any atom is 0.336 e. The van der Waals surface area contributed by atoms with E-state index >= 15 is 0 Å². The van der Waals surface area contributed by atoms with Crippen LogP contribution in [0, 0.1) is 5.92 Å². The first-order valence-electron chi connectivity index (χ1n) is 9.73. The van der Waals surface area contributed by atoms with Gasteiger partial charge in [-0.05, 0) is 26.3 Å². The van der Waals surface area contributed by atoms with Crippen molar-refractivity contribution in [1.82, 2.24) is 4.90 Å². The van der Waals surface area contributed by atoms with Gasteiger partial charge in [0, 0.05) is 24.9 Å². The second-order valence-electron chi connectivity index (χ2n) is 6.33. The molecule has 1 aromatic rings. The number of carbonyl (C=O) groups is 3. The standard InChI is InChI=1S/C22H27NO6/c1-4-27-20(24)12-17-18(21(25)28-5-2)14-23(13-16-10-8-7-9-11-16)15-19(17)22(26)29-6-3/h7-11,14-15,17H,4-6,12-13H2,1-3H3. The second-order valence-corrected chi connectivity index (χ2v) is 6.33. The molecule has 1 heterocycles. The van der Waals surface area contributed by atoms with Gasteiger partial charge in [-0.2, -0.15) is 0 Å². The summed E-state index contributed by atoms with van der Waals surface area (Å²) in [6, 6.07) is 9.62. The Balaban J connectivity index is 2.42. The van der Waals surface area contributed by atoms with Crippen LogP contribution in [-0.2, 0) is 35.1 Å². The molecule has 0 aliphatic carbocycles. The van der Waals surface area contributed by atoms with Gasteiger partial charge in [0.2, 0.25) is 0 Å². The minimum absolute atomic E-state index is 0.150. The van der Waals surface area contributed by atoms with E-state index in [1.165, 1.54) is 0 Å². The van der Waals surface area contributed by atoms with Crippen molar-refractivity contribution in [2.24, 2.45) is 5.92 Å². The molecule has 156 valence electrons. The van der Waals surface area contributed by atoms with E-state index in [0.717, 1.165) is 5.56 Å². The minimum atomic E-state index is -0.792. The average Bonchev–Trinajstić information content (AvgIpc) is 2.70. The second kappa shape index (κ2) is 11.0. The van der Waals surface area contributed by atoms with Crippen LogP contribution in [0.4, 0.5) is 0 Å². The zero-order valence-corrected chi connectivity index (χ0v) is 17.1. The number of carbonyl (C=O) groups excluding carboxylic acids is 3. The molecule has 0 saturated carbocycles. The SMILES string of the molecule is CCOC(=O)CC1C(C(=O)OCC)=CN(Cc2ccccc2)C=C1C(=O)OCC. The van der Waals surface area contributed by atoms with Crippen LogP contribution in [0.15, 0.2) is 53.9 Å². The molecule has 0 fully saturated rings. The molecule has 1 aliphatic rings. The highest BCUT2D eigenvalue weighted by Gasteiger charge is 2.36. The third-order valence-electron chi connectivity index (χ3n) is 4.27. The maximum absolute atomic E-state index is 12.6. The van der Waals surface area contributed by atoms with E-state index < -0.39 is 23.8 Å². The van der Waals surface area contributed by atoms with Crippen LogP contribution in [0.1, 0.15) is 32.8 Å². The lowest BCUT2D eigenvalue weighted by atomic mass is 9.86. The summed E-state index contributed by atoms with van der Waals surface area (Å²) in [6.45, 7) is 6.11. The number of hydrogen-bond donors (Lipinski definition) is 0. The highest BCUT2D eigenvalue weighted by atomic mass is 16.5. The molecule has 0 unspecified atom stereocenters. The van der Waals surface area contributed by atoms with Crippen LogP contribution in [0.3, 0.4) is 0 Å². The first-order chi connectivity index (χ1) is 14.0. The van der Waals surface area contributed by atoms with Gasteiger partial charge < -0.3 is 19.1 Å². The minimum Gasteiger partial charge on any atom is -0.466 e. The van der Waals surface area contributed by atoms with Crippen molar-refractivity contribution in [2.45, 2.75) is 33.7 Å². The normalized spacial score (nSPS) is 14.0. The van der Waals surface area contributed by atoms with Gasteiger partial charge in [0.25, 0.3) is 0 Å². The van der Waals surface area contributed by atoms with Crippen LogP contribution in [0.5, 0.6) is 0 Å². The van der Waals surface area contributed by atoms with Crippen molar-refractivity contribution < 1.29 is 28.6 Å². The molecule has 0 aromatic heterocycles. The lowest BCUT2D eigenvalue weighted by molar-refractivity contribution is -0.144. The van der Waals surface area contributed by atoms with Gasteiger partial charge in [0.1, 0.15) is 0 Å². The number of benzene rings is 1. The summed E-state index contributed by atoms with van der Waals surface area (Å²) in [4.78, 5) is 39.1.